The van der Waals surface area contributed by atoms with Gasteiger partial charge in [-0.25, -0.2) is 4.99 Å². The molecule has 0 heterocycles. The molecule has 1 N–H and O–H groups in total. The van der Waals surface area contributed by atoms with Crippen molar-refractivity contribution in [3.8, 4) is 0 Å². The van der Waals surface area contributed by atoms with Crippen molar-refractivity contribution in [2.24, 2.45) is 33.7 Å². The Morgan fingerprint density at radius 2 is 1.44 bits per heavy atom. The number of rotatable bonds is 2. The van der Waals surface area contributed by atoms with Crippen LogP contribution in [-0.2, 0) is 0 Å². The van der Waals surface area contributed by atoms with Gasteiger partial charge in [-0.15, -0.1) is 0 Å². The molecule has 4 bridgehead atoms. The molecule has 5 nitrogen and oxygen atoms in total. The Morgan fingerprint density at radius 1 is 0.800 bits per heavy atom. The van der Waals surface area contributed by atoms with E-state index in [4.69, 9.17) is 9.98 Å². The number of nitrogens with zero attached hydrogens (tertiary/aromatic N) is 4. The summed E-state index contributed by atoms with van der Waals surface area (Å²) >= 11 is 0. The molecular formula is C20H35N5. The van der Waals surface area contributed by atoms with Crippen molar-refractivity contribution in [1.82, 2.24) is 15.1 Å². The average molecular weight is 346 g/mol. The molecule has 0 spiro atoms. The van der Waals surface area contributed by atoms with Gasteiger partial charge in [0.2, 0.25) is 11.9 Å². The lowest BCUT2D eigenvalue weighted by Gasteiger charge is -2.27. The van der Waals surface area contributed by atoms with Crippen molar-refractivity contribution in [3.63, 3.8) is 0 Å². The lowest BCUT2D eigenvalue weighted by molar-refractivity contribution is 0.384. The van der Waals surface area contributed by atoms with Gasteiger partial charge < -0.3 is 15.1 Å². The zero-order valence-corrected chi connectivity index (χ0v) is 16.4. The van der Waals surface area contributed by atoms with Crippen molar-refractivity contribution >= 4 is 11.9 Å². The van der Waals surface area contributed by atoms with Crippen molar-refractivity contribution in [3.05, 3.63) is 0 Å². The molecule has 6 atom stereocenters. The molecule has 0 aromatic heterocycles. The van der Waals surface area contributed by atoms with Gasteiger partial charge in [-0.2, -0.15) is 4.99 Å². The van der Waals surface area contributed by atoms with Gasteiger partial charge in [0.1, 0.15) is 0 Å². The van der Waals surface area contributed by atoms with E-state index in [9.17, 15) is 0 Å². The van der Waals surface area contributed by atoms with Crippen LogP contribution in [0.5, 0.6) is 0 Å². The third kappa shape index (κ3) is 3.52. The summed E-state index contributed by atoms with van der Waals surface area (Å²) in [6.45, 7) is 0. The molecule has 0 amide bonds. The van der Waals surface area contributed by atoms with E-state index < -0.39 is 0 Å². The zero-order valence-electron chi connectivity index (χ0n) is 16.4. The summed E-state index contributed by atoms with van der Waals surface area (Å²) in [6, 6.07) is 1.08. The molecule has 6 unspecified atom stereocenters. The lowest BCUT2D eigenvalue weighted by Crippen LogP contribution is -2.42. The fourth-order valence-corrected chi connectivity index (χ4v) is 5.91. The average Bonchev–Trinajstić information content (AvgIpc) is 3.32. The fourth-order valence-electron chi connectivity index (χ4n) is 5.91. The summed E-state index contributed by atoms with van der Waals surface area (Å²) in [5.41, 5.74) is 0. The Kier molecular flexibility index (Phi) is 4.67. The van der Waals surface area contributed by atoms with Gasteiger partial charge in [0.05, 0.1) is 6.04 Å². The molecule has 4 aliphatic carbocycles. The minimum absolute atomic E-state index is 0.495. The monoisotopic (exact) mass is 345 g/mol. The molecule has 140 valence electrons. The van der Waals surface area contributed by atoms with E-state index >= 15 is 0 Å². The lowest BCUT2D eigenvalue weighted by atomic mass is 9.95. The van der Waals surface area contributed by atoms with Crippen LogP contribution >= 0.6 is 0 Å². The predicted molar refractivity (Wildman–Crippen MR) is 104 cm³/mol. The molecule has 4 rings (SSSR count). The standard InChI is InChI=1S/C20H35N5/c1-24(2)20(25(3)4)23-19(21-17-11-13-5-7-15(17)9-13)22-18-12-14-6-8-16(18)10-14/h13-18H,5-12H2,1-4H3,(H,21,22). The second kappa shape index (κ2) is 6.81. The molecule has 0 radical (unpaired) electrons. The Bertz CT molecular complexity index is 542. The quantitative estimate of drug-likeness (QED) is 0.618. The number of hydrogen-bond acceptors (Lipinski definition) is 1. The van der Waals surface area contributed by atoms with Gasteiger partial charge in [-0.05, 0) is 62.2 Å². The van der Waals surface area contributed by atoms with E-state index in [0.29, 0.717) is 12.1 Å². The van der Waals surface area contributed by atoms with Crippen LogP contribution in [0.1, 0.15) is 51.4 Å². The third-order valence-corrected chi connectivity index (χ3v) is 7.05. The highest BCUT2D eigenvalue weighted by Gasteiger charge is 2.42. The van der Waals surface area contributed by atoms with Gasteiger partial charge in [-0.3, -0.25) is 0 Å². The van der Waals surface area contributed by atoms with Crippen LogP contribution in [-0.4, -0.2) is 62.0 Å². The summed E-state index contributed by atoms with van der Waals surface area (Å²) in [7, 11) is 8.24. The van der Waals surface area contributed by atoms with Gasteiger partial charge in [0.15, 0.2) is 0 Å². The Labute approximate surface area is 153 Å². The van der Waals surface area contributed by atoms with Gasteiger partial charge in [0.25, 0.3) is 0 Å². The van der Waals surface area contributed by atoms with Crippen LogP contribution in [0.15, 0.2) is 9.98 Å². The summed E-state index contributed by atoms with van der Waals surface area (Å²) in [5, 5.41) is 3.78. The maximum absolute atomic E-state index is 5.17. The molecule has 0 aliphatic heterocycles. The second-order valence-electron chi connectivity index (χ2n) is 9.32. The summed E-state index contributed by atoms with van der Waals surface area (Å²) in [6.07, 6.45) is 11.0. The maximum Gasteiger partial charge on any atom is 0.221 e. The van der Waals surface area contributed by atoms with Crippen molar-refractivity contribution in [1.29, 1.82) is 0 Å². The van der Waals surface area contributed by atoms with Crippen molar-refractivity contribution < 1.29 is 0 Å². The Hall–Kier alpha value is -1.26. The van der Waals surface area contributed by atoms with E-state index in [1.165, 1.54) is 51.4 Å². The molecule has 0 aromatic carbocycles. The third-order valence-electron chi connectivity index (χ3n) is 7.05. The summed E-state index contributed by atoms with van der Waals surface area (Å²) in [5.74, 6) is 5.38. The molecule has 0 saturated heterocycles. The van der Waals surface area contributed by atoms with E-state index in [0.717, 1.165) is 35.6 Å². The number of hydrogen-bond donors (Lipinski definition) is 1. The van der Waals surface area contributed by atoms with Gasteiger partial charge in [0, 0.05) is 34.2 Å². The zero-order chi connectivity index (χ0) is 17.6. The first kappa shape index (κ1) is 17.2. The largest absolute Gasteiger partial charge is 0.351 e. The highest BCUT2D eigenvalue weighted by molar-refractivity contribution is 5.94. The predicted octanol–water partition coefficient (Wildman–Crippen LogP) is 2.79. The van der Waals surface area contributed by atoms with Crippen LogP contribution < -0.4 is 5.32 Å². The Morgan fingerprint density at radius 3 is 1.92 bits per heavy atom. The fraction of sp³-hybridized carbons (Fsp3) is 0.900. The van der Waals surface area contributed by atoms with Crippen LogP contribution in [0.2, 0.25) is 0 Å². The van der Waals surface area contributed by atoms with Crippen LogP contribution in [0, 0.1) is 23.7 Å². The smallest absolute Gasteiger partial charge is 0.221 e. The van der Waals surface area contributed by atoms with E-state index in [1.807, 2.05) is 0 Å². The minimum atomic E-state index is 0.495. The highest BCUT2D eigenvalue weighted by atomic mass is 15.4. The van der Waals surface area contributed by atoms with Crippen LogP contribution in [0.4, 0.5) is 0 Å². The molecule has 4 saturated carbocycles. The molecule has 25 heavy (non-hydrogen) atoms. The van der Waals surface area contributed by atoms with E-state index in [2.05, 4.69) is 43.3 Å². The van der Waals surface area contributed by atoms with Crippen LogP contribution in [0.3, 0.4) is 0 Å². The number of fused-ring (bicyclic) bond motifs is 4. The molecule has 0 aromatic rings. The maximum atomic E-state index is 5.17. The normalized spacial score (nSPS) is 39.0. The SMILES string of the molecule is CN(C)C(=N/C(=N\C1CC2CCC1C2)NC1CC2CCC1C2)N(C)C. The van der Waals surface area contributed by atoms with Crippen molar-refractivity contribution in [2.45, 2.75) is 63.5 Å². The van der Waals surface area contributed by atoms with Gasteiger partial charge in [-0.1, -0.05) is 12.8 Å². The topological polar surface area (TPSA) is 43.2 Å². The number of aliphatic imine (C=N–C) groups is 2. The molecule has 4 aliphatic rings. The van der Waals surface area contributed by atoms with E-state index in [-0.39, 0.29) is 0 Å². The molecule has 4 fully saturated rings. The van der Waals surface area contributed by atoms with Crippen LogP contribution in [0.25, 0.3) is 0 Å². The minimum Gasteiger partial charge on any atom is -0.351 e. The number of nitrogens with one attached hydrogen (secondary N) is 1. The Balaban J connectivity index is 1.55. The van der Waals surface area contributed by atoms with Gasteiger partial charge >= 0.3 is 0 Å². The first-order valence-electron chi connectivity index (χ1n) is 10.3. The van der Waals surface area contributed by atoms with E-state index in [1.54, 1.807) is 0 Å². The highest BCUT2D eigenvalue weighted by Crippen LogP contribution is 2.46. The summed E-state index contributed by atoms with van der Waals surface area (Å²) < 4.78 is 0. The second-order valence-corrected chi connectivity index (χ2v) is 9.32. The first-order chi connectivity index (χ1) is 12.0. The summed E-state index contributed by atoms with van der Waals surface area (Å²) in [4.78, 5) is 14.3. The molecule has 5 heteroatoms. The van der Waals surface area contributed by atoms with Crippen molar-refractivity contribution in [2.75, 3.05) is 28.2 Å². The first-order valence-corrected chi connectivity index (χ1v) is 10.3. The molecular weight excluding hydrogens is 310 g/mol. The number of guanidine groups is 2.